The molecule has 1 fully saturated rings. The molecule has 6 nitrogen and oxygen atoms in total. The average molecular weight is 409 g/mol. The number of nitrogens with one attached hydrogen (secondary N) is 1. The van der Waals surface area contributed by atoms with Crippen LogP contribution in [0.15, 0.2) is 48.5 Å². The molecule has 1 saturated heterocycles. The van der Waals surface area contributed by atoms with E-state index in [1.54, 1.807) is 43.3 Å². The number of urea groups is 1. The molecule has 0 bridgehead atoms. The summed E-state index contributed by atoms with van der Waals surface area (Å²) in [6.07, 6.45) is -1.04. The minimum absolute atomic E-state index is 0.0561. The van der Waals surface area contributed by atoms with E-state index in [0.29, 0.717) is 16.3 Å². The Kier molecular flexibility index (Phi) is 5.60. The molecule has 3 amide bonds. The van der Waals surface area contributed by atoms with Gasteiger partial charge in [-0.1, -0.05) is 47.5 Å². The number of β-amino-alcohol motifs (C(OH)–C–C–N with tert-alkyl or cyclic N) is 1. The van der Waals surface area contributed by atoms with E-state index in [1.165, 1.54) is 6.07 Å². The van der Waals surface area contributed by atoms with Gasteiger partial charge < -0.3 is 15.2 Å². The monoisotopic (exact) mass is 408 g/mol. The van der Waals surface area contributed by atoms with Crippen LogP contribution in [0.1, 0.15) is 12.5 Å². The molecule has 2 aromatic rings. The molecular weight excluding hydrogens is 391 g/mol. The largest absolute Gasteiger partial charge is 0.491 e. The lowest BCUT2D eigenvalue weighted by Gasteiger charge is -2.24. The van der Waals surface area contributed by atoms with Gasteiger partial charge in [0.1, 0.15) is 24.0 Å². The molecule has 2 unspecified atom stereocenters. The van der Waals surface area contributed by atoms with Crippen molar-refractivity contribution in [3.05, 3.63) is 64.1 Å². The van der Waals surface area contributed by atoms with E-state index >= 15 is 0 Å². The van der Waals surface area contributed by atoms with Gasteiger partial charge in [-0.15, -0.1) is 0 Å². The second kappa shape index (κ2) is 7.76. The molecule has 0 aliphatic carbocycles. The van der Waals surface area contributed by atoms with Crippen molar-refractivity contribution >= 4 is 35.1 Å². The Labute approximate surface area is 166 Å². The molecule has 142 valence electrons. The summed E-state index contributed by atoms with van der Waals surface area (Å²) in [4.78, 5) is 26.2. The third-order valence-electron chi connectivity index (χ3n) is 4.32. The first kappa shape index (κ1) is 19.5. The van der Waals surface area contributed by atoms with Crippen LogP contribution in [0.5, 0.6) is 5.75 Å². The van der Waals surface area contributed by atoms with Gasteiger partial charge in [0.2, 0.25) is 0 Å². The number of imide groups is 1. The third kappa shape index (κ3) is 4.03. The third-order valence-corrected chi connectivity index (χ3v) is 4.87. The van der Waals surface area contributed by atoms with Gasteiger partial charge in [0.25, 0.3) is 5.91 Å². The predicted octanol–water partition coefficient (Wildman–Crippen LogP) is 3.20. The maximum absolute atomic E-state index is 12.9. The maximum Gasteiger partial charge on any atom is 0.325 e. The summed E-state index contributed by atoms with van der Waals surface area (Å²) in [6, 6.07) is 13.1. The van der Waals surface area contributed by atoms with Crippen LogP contribution < -0.4 is 10.1 Å². The van der Waals surface area contributed by atoms with Gasteiger partial charge in [0.05, 0.1) is 6.54 Å². The minimum atomic E-state index is -1.33. The Hall–Kier alpha value is -2.28. The zero-order valence-corrected chi connectivity index (χ0v) is 16.0. The van der Waals surface area contributed by atoms with Crippen molar-refractivity contribution in [3.8, 4) is 5.75 Å². The first-order chi connectivity index (χ1) is 12.8. The molecule has 1 aliphatic rings. The fourth-order valence-electron chi connectivity index (χ4n) is 2.91. The highest BCUT2D eigenvalue weighted by Gasteiger charge is 2.50. The number of carbonyl (C=O) groups excluding carboxylic acids is 2. The molecule has 2 atom stereocenters. The van der Waals surface area contributed by atoms with Gasteiger partial charge in [0.15, 0.2) is 0 Å². The molecule has 0 aromatic heterocycles. The second-order valence-corrected chi connectivity index (χ2v) is 7.22. The highest BCUT2D eigenvalue weighted by molar-refractivity contribution is 6.35. The van der Waals surface area contributed by atoms with Crippen molar-refractivity contribution < 1.29 is 19.4 Å². The number of carbonyl (C=O) groups is 2. The molecular formula is C19H18Cl2N2O4. The molecule has 8 heteroatoms. The first-order valence-corrected chi connectivity index (χ1v) is 9.02. The normalized spacial score (nSPS) is 20.5. The van der Waals surface area contributed by atoms with Crippen LogP contribution in [-0.2, 0) is 10.3 Å². The Morgan fingerprint density at radius 2 is 1.89 bits per heavy atom. The highest BCUT2D eigenvalue weighted by Crippen LogP contribution is 2.35. The van der Waals surface area contributed by atoms with Gasteiger partial charge in [-0.05, 0) is 31.2 Å². The summed E-state index contributed by atoms with van der Waals surface area (Å²) < 4.78 is 5.46. The van der Waals surface area contributed by atoms with Crippen molar-refractivity contribution in [3.63, 3.8) is 0 Å². The summed E-state index contributed by atoms with van der Waals surface area (Å²) >= 11 is 12.1. The standard InChI is InChI=1S/C19H18Cl2N2O4/c1-19(15-8-7-12(20)9-16(15)21)17(25)23(18(26)22-19)10-13(24)11-27-14-5-3-2-4-6-14/h2-9,13,24H,10-11H2,1H3,(H,22,26). The molecule has 0 saturated carbocycles. The van der Waals surface area contributed by atoms with Gasteiger partial charge in [-0.25, -0.2) is 4.79 Å². The van der Waals surface area contributed by atoms with Crippen molar-refractivity contribution in [1.29, 1.82) is 0 Å². The molecule has 1 heterocycles. The fourth-order valence-corrected chi connectivity index (χ4v) is 3.51. The Bertz CT molecular complexity index is 862. The van der Waals surface area contributed by atoms with E-state index in [4.69, 9.17) is 27.9 Å². The Morgan fingerprint density at radius 3 is 2.56 bits per heavy atom. The SMILES string of the molecule is CC1(c2ccc(Cl)cc2Cl)NC(=O)N(CC(O)COc2ccccc2)C1=O. The van der Waals surface area contributed by atoms with Crippen LogP contribution in [0, 0.1) is 0 Å². The molecule has 3 rings (SSSR count). The molecule has 2 aromatic carbocycles. The zero-order chi connectivity index (χ0) is 19.6. The van der Waals surface area contributed by atoms with Crippen molar-refractivity contribution in [2.45, 2.75) is 18.6 Å². The van der Waals surface area contributed by atoms with Crippen LogP contribution >= 0.6 is 23.2 Å². The summed E-state index contributed by atoms with van der Waals surface area (Å²) in [5, 5.41) is 13.5. The molecule has 0 spiro atoms. The van der Waals surface area contributed by atoms with Crippen molar-refractivity contribution in [2.24, 2.45) is 0 Å². The number of nitrogens with zero attached hydrogens (tertiary/aromatic N) is 1. The number of aliphatic hydroxyl groups excluding tert-OH is 1. The quantitative estimate of drug-likeness (QED) is 0.719. The second-order valence-electron chi connectivity index (χ2n) is 6.37. The highest BCUT2D eigenvalue weighted by atomic mass is 35.5. The summed E-state index contributed by atoms with van der Waals surface area (Å²) in [6.45, 7) is 1.31. The van der Waals surface area contributed by atoms with Crippen molar-refractivity contribution in [1.82, 2.24) is 10.2 Å². The van der Waals surface area contributed by atoms with Gasteiger partial charge in [0, 0.05) is 15.6 Å². The molecule has 27 heavy (non-hydrogen) atoms. The number of benzene rings is 2. The number of halogens is 2. The number of hydrogen-bond acceptors (Lipinski definition) is 4. The molecule has 0 radical (unpaired) electrons. The fraction of sp³-hybridized carbons (Fsp3) is 0.263. The van der Waals surface area contributed by atoms with Gasteiger partial charge >= 0.3 is 6.03 Å². The van der Waals surface area contributed by atoms with E-state index in [9.17, 15) is 14.7 Å². The predicted molar refractivity (Wildman–Crippen MR) is 102 cm³/mol. The van der Waals surface area contributed by atoms with Crippen molar-refractivity contribution in [2.75, 3.05) is 13.2 Å². The lowest BCUT2D eigenvalue weighted by Crippen LogP contribution is -2.43. The Balaban J connectivity index is 1.70. The topological polar surface area (TPSA) is 78.9 Å². The van der Waals surface area contributed by atoms with E-state index in [2.05, 4.69) is 5.32 Å². The maximum atomic E-state index is 12.9. The number of para-hydroxylation sites is 1. The van der Waals surface area contributed by atoms with E-state index < -0.39 is 23.6 Å². The lowest BCUT2D eigenvalue weighted by molar-refractivity contribution is -0.132. The summed E-state index contributed by atoms with van der Waals surface area (Å²) in [5.41, 5.74) is -0.900. The van der Waals surface area contributed by atoms with E-state index in [0.717, 1.165) is 4.90 Å². The average Bonchev–Trinajstić information content (AvgIpc) is 2.84. The van der Waals surface area contributed by atoms with Gasteiger partial charge in [-0.2, -0.15) is 0 Å². The number of hydrogen-bond donors (Lipinski definition) is 2. The van der Waals surface area contributed by atoms with E-state index in [-0.39, 0.29) is 18.2 Å². The zero-order valence-electron chi connectivity index (χ0n) is 14.5. The van der Waals surface area contributed by atoms with Crippen LogP contribution in [-0.4, -0.2) is 41.2 Å². The Morgan fingerprint density at radius 1 is 1.19 bits per heavy atom. The lowest BCUT2D eigenvalue weighted by atomic mass is 9.92. The summed E-state index contributed by atoms with van der Waals surface area (Å²) in [5.74, 6) is 0.0852. The van der Waals surface area contributed by atoms with Crippen LogP contribution in [0.2, 0.25) is 10.0 Å². The number of rotatable bonds is 6. The summed E-state index contributed by atoms with van der Waals surface area (Å²) in [7, 11) is 0. The van der Waals surface area contributed by atoms with Gasteiger partial charge in [-0.3, -0.25) is 9.69 Å². The minimum Gasteiger partial charge on any atom is -0.491 e. The molecule has 2 N–H and O–H groups in total. The first-order valence-electron chi connectivity index (χ1n) is 8.27. The van der Waals surface area contributed by atoms with Crippen LogP contribution in [0.4, 0.5) is 4.79 Å². The number of ether oxygens (including phenoxy) is 1. The van der Waals surface area contributed by atoms with Crippen LogP contribution in [0.3, 0.4) is 0 Å². The van der Waals surface area contributed by atoms with Crippen LogP contribution in [0.25, 0.3) is 0 Å². The van der Waals surface area contributed by atoms with E-state index in [1.807, 2.05) is 6.07 Å². The molecule has 1 aliphatic heterocycles. The number of aliphatic hydroxyl groups is 1. The smallest absolute Gasteiger partial charge is 0.325 e. The number of amides is 3.